The normalized spacial score (nSPS) is 21.1. The monoisotopic (exact) mass is 560 g/mol. The fourth-order valence-corrected chi connectivity index (χ4v) is 7.38. The molecule has 9 heteroatoms. The van der Waals surface area contributed by atoms with E-state index in [2.05, 4.69) is 0 Å². The lowest BCUT2D eigenvalue weighted by molar-refractivity contribution is -0.123. The second-order valence-corrected chi connectivity index (χ2v) is 13.2. The van der Waals surface area contributed by atoms with Crippen molar-refractivity contribution in [3.05, 3.63) is 95.6 Å². The highest BCUT2D eigenvalue weighted by Crippen LogP contribution is 2.53. The van der Waals surface area contributed by atoms with Crippen molar-refractivity contribution in [1.29, 1.82) is 0 Å². The van der Waals surface area contributed by atoms with Crippen LogP contribution in [-0.4, -0.2) is 48.7 Å². The van der Waals surface area contributed by atoms with Crippen LogP contribution in [0.2, 0.25) is 0 Å². The lowest BCUT2D eigenvalue weighted by Crippen LogP contribution is -2.53. The molecule has 2 heterocycles. The van der Waals surface area contributed by atoms with Gasteiger partial charge in [-0.1, -0.05) is 66.2 Å². The molecule has 2 atom stereocenters. The molecule has 2 amide bonds. The highest BCUT2D eigenvalue weighted by molar-refractivity contribution is 7.89. The number of ketones is 1. The van der Waals surface area contributed by atoms with E-state index < -0.39 is 39.1 Å². The number of hydrogen-bond acceptors (Lipinski definition) is 6. The zero-order chi connectivity index (χ0) is 28.9. The van der Waals surface area contributed by atoms with Gasteiger partial charge in [-0.15, -0.1) is 0 Å². The molecule has 2 aliphatic rings. The highest BCUT2D eigenvalue weighted by Gasteiger charge is 2.64. The third-order valence-corrected chi connectivity index (χ3v) is 9.45. The van der Waals surface area contributed by atoms with Crippen molar-refractivity contribution in [3.63, 3.8) is 0 Å². The summed E-state index contributed by atoms with van der Waals surface area (Å²) in [5.74, 6) is -0.882. The van der Waals surface area contributed by atoms with E-state index in [1.807, 2.05) is 6.92 Å². The van der Waals surface area contributed by atoms with Crippen LogP contribution in [0.25, 0.3) is 0 Å². The maximum absolute atomic E-state index is 14.4. The first-order valence-corrected chi connectivity index (χ1v) is 14.6. The molecule has 0 N–H and O–H groups in total. The number of hydrogen-bond donors (Lipinski definition) is 0. The van der Waals surface area contributed by atoms with Gasteiger partial charge in [-0.3, -0.25) is 9.59 Å². The zero-order valence-corrected chi connectivity index (χ0v) is 23.8. The lowest BCUT2D eigenvalue weighted by Gasteiger charge is -2.34. The van der Waals surface area contributed by atoms with Gasteiger partial charge >= 0.3 is 6.09 Å². The Bertz CT molecular complexity index is 1580. The minimum atomic E-state index is -4.09. The summed E-state index contributed by atoms with van der Waals surface area (Å²) < 4.78 is 34.9. The minimum Gasteiger partial charge on any atom is -0.443 e. The van der Waals surface area contributed by atoms with Crippen molar-refractivity contribution in [2.45, 2.75) is 62.5 Å². The van der Waals surface area contributed by atoms with Crippen molar-refractivity contribution in [2.24, 2.45) is 0 Å². The Morgan fingerprint density at radius 3 is 2.23 bits per heavy atom. The van der Waals surface area contributed by atoms with Crippen LogP contribution in [0.4, 0.5) is 10.5 Å². The molecule has 1 fully saturated rings. The largest absolute Gasteiger partial charge is 0.443 e. The Morgan fingerprint density at radius 1 is 0.950 bits per heavy atom. The second-order valence-electron chi connectivity index (χ2n) is 11.3. The average Bonchev–Trinajstić information content (AvgIpc) is 3.40. The molecule has 0 radical (unpaired) electrons. The number of ether oxygens (including phenoxy) is 1. The van der Waals surface area contributed by atoms with Gasteiger partial charge in [0.2, 0.25) is 15.9 Å². The van der Waals surface area contributed by atoms with Gasteiger partial charge in [-0.2, -0.15) is 4.31 Å². The van der Waals surface area contributed by atoms with Crippen LogP contribution in [-0.2, 0) is 25.0 Å². The van der Waals surface area contributed by atoms with Gasteiger partial charge in [0, 0.05) is 18.5 Å². The smallest absolute Gasteiger partial charge is 0.421 e. The van der Waals surface area contributed by atoms with Crippen LogP contribution in [0.3, 0.4) is 0 Å². The maximum atomic E-state index is 14.4. The van der Waals surface area contributed by atoms with E-state index in [-0.39, 0.29) is 30.1 Å². The van der Waals surface area contributed by atoms with Crippen LogP contribution in [0.5, 0.6) is 0 Å². The Kier molecular flexibility index (Phi) is 6.92. The van der Waals surface area contributed by atoms with Crippen molar-refractivity contribution in [3.8, 4) is 0 Å². The van der Waals surface area contributed by atoms with E-state index in [0.29, 0.717) is 16.8 Å². The molecule has 8 nitrogen and oxygen atoms in total. The number of carbonyl (C=O) groups excluding carboxylic acids is 3. The molecule has 0 saturated carbocycles. The number of amides is 2. The van der Waals surface area contributed by atoms with E-state index in [1.54, 1.807) is 87.5 Å². The first-order valence-electron chi connectivity index (χ1n) is 13.2. The molecule has 3 aromatic rings. The molecule has 2 aliphatic heterocycles. The van der Waals surface area contributed by atoms with Gasteiger partial charge in [0.15, 0.2) is 5.78 Å². The van der Waals surface area contributed by atoms with E-state index in [9.17, 15) is 22.8 Å². The quantitative estimate of drug-likeness (QED) is 0.395. The molecule has 1 saturated heterocycles. The van der Waals surface area contributed by atoms with Gasteiger partial charge < -0.3 is 4.74 Å². The Hall–Kier alpha value is -3.82. The van der Waals surface area contributed by atoms with Crippen molar-refractivity contribution in [1.82, 2.24) is 4.31 Å². The first-order chi connectivity index (χ1) is 18.9. The first kappa shape index (κ1) is 27.7. The topological polar surface area (TPSA) is 101 Å². The molecule has 0 unspecified atom stereocenters. The summed E-state index contributed by atoms with van der Waals surface area (Å²) in [6.07, 6.45) is -0.966. The maximum Gasteiger partial charge on any atom is 0.421 e. The van der Waals surface area contributed by atoms with E-state index in [0.717, 1.165) is 10.5 Å². The number of benzene rings is 3. The Morgan fingerprint density at radius 2 is 1.57 bits per heavy atom. The molecule has 40 heavy (non-hydrogen) atoms. The van der Waals surface area contributed by atoms with Crippen molar-refractivity contribution in [2.75, 3.05) is 11.4 Å². The zero-order valence-electron chi connectivity index (χ0n) is 23.0. The fourth-order valence-electron chi connectivity index (χ4n) is 5.70. The molecule has 208 valence electrons. The predicted molar refractivity (Wildman–Crippen MR) is 151 cm³/mol. The highest BCUT2D eigenvalue weighted by atomic mass is 32.2. The molecular formula is C31H32N2O6S. The molecule has 0 aliphatic carbocycles. The minimum absolute atomic E-state index is 0.00514. The van der Waals surface area contributed by atoms with E-state index in [1.165, 1.54) is 16.4 Å². The number of nitrogens with zero attached hydrogens (tertiary/aromatic N) is 2. The predicted octanol–water partition coefficient (Wildman–Crippen LogP) is 5.25. The number of anilines is 1. The van der Waals surface area contributed by atoms with Crippen molar-refractivity contribution < 1.29 is 27.5 Å². The molecule has 1 spiro atoms. The van der Waals surface area contributed by atoms with Gasteiger partial charge in [0.05, 0.1) is 22.0 Å². The van der Waals surface area contributed by atoms with Crippen molar-refractivity contribution >= 4 is 33.5 Å². The summed E-state index contributed by atoms with van der Waals surface area (Å²) in [6, 6.07) is 20.9. The molecular weight excluding hydrogens is 528 g/mol. The molecule has 0 bridgehead atoms. The van der Waals surface area contributed by atoms with Crippen LogP contribution >= 0.6 is 0 Å². The lowest BCUT2D eigenvalue weighted by atomic mass is 9.73. The van der Waals surface area contributed by atoms with Gasteiger partial charge in [-0.25, -0.2) is 18.1 Å². The number of fused-ring (bicyclic) bond motifs is 2. The fraction of sp³-hybridized carbons (Fsp3) is 0.323. The number of imide groups is 1. The third-order valence-electron chi connectivity index (χ3n) is 7.53. The SMILES string of the molecule is Cc1ccc(S(=O)(=O)N2CC[C@]3(C(=O)N(C(=O)OC(C)(C)C)c4ccccc43)[C@H]2CC(=O)c2ccccc2)cc1. The number of para-hydroxylation sites is 1. The number of Topliss-reactive ketones (excluding diaryl/α,β-unsaturated/α-hetero) is 1. The number of sulfonamides is 1. The molecule has 0 aromatic heterocycles. The van der Waals surface area contributed by atoms with Gasteiger partial charge in [0.25, 0.3) is 0 Å². The van der Waals surface area contributed by atoms with Gasteiger partial charge in [0.1, 0.15) is 5.60 Å². The number of carbonyl (C=O) groups is 3. The number of rotatable bonds is 5. The summed E-state index contributed by atoms with van der Waals surface area (Å²) in [5.41, 5.74) is -0.135. The summed E-state index contributed by atoms with van der Waals surface area (Å²) >= 11 is 0. The third kappa shape index (κ3) is 4.63. The van der Waals surface area contributed by atoms with E-state index in [4.69, 9.17) is 4.74 Å². The van der Waals surface area contributed by atoms with Crippen LogP contribution in [0.15, 0.2) is 83.8 Å². The van der Waals surface area contributed by atoms with Crippen LogP contribution in [0, 0.1) is 6.92 Å². The number of aryl methyl sites for hydroxylation is 1. The Balaban J connectivity index is 1.65. The van der Waals surface area contributed by atoms with E-state index >= 15 is 0 Å². The Labute approximate surface area is 234 Å². The van der Waals surface area contributed by atoms with Gasteiger partial charge in [-0.05, 0) is 57.9 Å². The summed E-state index contributed by atoms with van der Waals surface area (Å²) in [5, 5.41) is 0. The van der Waals surface area contributed by atoms with Crippen LogP contribution in [0.1, 0.15) is 55.1 Å². The molecule has 5 rings (SSSR count). The standard InChI is InChI=1S/C31H32N2O6S/c1-21-14-16-23(17-15-21)40(37,38)32-19-18-31(27(32)20-26(34)22-10-6-5-7-11-22)24-12-8-9-13-25(24)33(28(31)35)29(36)39-30(2,3)4/h5-17,27H,18-20H2,1-4H3/t27-,31-/m1/s1. The van der Waals surface area contributed by atoms with Crippen LogP contribution < -0.4 is 4.90 Å². The second kappa shape index (κ2) is 9.98. The summed E-state index contributed by atoms with van der Waals surface area (Å²) in [6.45, 7) is 6.99. The average molecular weight is 561 g/mol. The molecule has 3 aromatic carbocycles. The summed E-state index contributed by atoms with van der Waals surface area (Å²) in [4.78, 5) is 42.4. The summed E-state index contributed by atoms with van der Waals surface area (Å²) in [7, 11) is -4.09.